The van der Waals surface area contributed by atoms with Crippen molar-refractivity contribution < 1.29 is 45.4 Å². The number of halogens is 2. The van der Waals surface area contributed by atoms with Crippen molar-refractivity contribution in [3.05, 3.63) is 113 Å². The van der Waals surface area contributed by atoms with Crippen LogP contribution in [-0.4, -0.2) is 59.8 Å². The Morgan fingerprint density at radius 3 is 2.02 bits per heavy atom. The van der Waals surface area contributed by atoms with Gasteiger partial charge in [0.1, 0.15) is 35.2 Å². The lowest BCUT2D eigenvalue weighted by atomic mass is 9.91. The van der Waals surface area contributed by atoms with Gasteiger partial charge >= 0.3 is 12.6 Å². The lowest BCUT2D eigenvalue weighted by molar-refractivity contribution is -0.142. The zero-order valence-electron chi connectivity index (χ0n) is 33.5. The number of aryl methyl sites for hydroxylation is 1. The van der Waals surface area contributed by atoms with E-state index in [9.17, 15) is 27.1 Å². The number of carbonyl (C=O) groups is 1. The van der Waals surface area contributed by atoms with E-state index in [4.69, 9.17) is 28.3 Å². The molecule has 5 aromatic carbocycles. The number of likely N-dealkylation sites (tertiary alicyclic amines) is 1. The lowest BCUT2D eigenvalue weighted by Crippen LogP contribution is -2.35. The van der Waals surface area contributed by atoms with Crippen molar-refractivity contribution in [2.24, 2.45) is 0 Å². The fraction of sp³-hybridized carbons (Fsp3) is 0.283. The van der Waals surface area contributed by atoms with Crippen molar-refractivity contribution in [1.29, 1.82) is 0 Å². The number of carboxylic acid groups (broad SMARTS) is 1. The molecular formula is C46H43F2N3O8S. The maximum Gasteiger partial charge on any atom is 0.387 e. The second-order valence-electron chi connectivity index (χ2n) is 15.2. The van der Waals surface area contributed by atoms with Crippen molar-refractivity contribution in [1.82, 2.24) is 14.9 Å². The van der Waals surface area contributed by atoms with Crippen LogP contribution in [0.15, 0.2) is 98.7 Å². The molecule has 2 aromatic heterocycles. The van der Waals surface area contributed by atoms with Crippen LogP contribution in [0.3, 0.4) is 0 Å². The van der Waals surface area contributed by atoms with Gasteiger partial charge in [-0.1, -0.05) is 49.7 Å². The van der Waals surface area contributed by atoms with Gasteiger partial charge in [-0.3, -0.25) is 9.69 Å². The number of ether oxygens (including phenoxy) is 2. The Labute approximate surface area is 345 Å². The highest BCUT2D eigenvalue weighted by molar-refractivity contribution is 7.90. The van der Waals surface area contributed by atoms with Gasteiger partial charge in [-0.05, 0) is 109 Å². The molecule has 8 rings (SSSR count). The highest BCUT2D eigenvalue weighted by Gasteiger charge is 2.31. The van der Waals surface area contributed by atoms with Gasteiger partial charge in [-0.15, -0.1) is 0 Å². The number of oxazole rings is 2. The summed E-state index contributed by atoms with van der Waals surface area (Å²) < 4.78 is 75.0. The lowest BCUT2D eigenvalue weighted by Gasteiger charge is -2.22. The number of hydrogen-bond donors (Lipinski definition) is 1. The Morgan fingerprint density at radius 1 is 0.850 bits per heavy atom. The molecule has 11 nitrogen and oxygen atoms in total. The number of alkyl halides is 2. The van der Waals surface area contributed by atoms with Crippen LogP contribution in [0.1, 0.15) is 54.0 Å². The van der Waals surface area contributed by atoms with Crippen LogP contribution < -0.4 is 9.47 Å². The third kappa shape index (κ3) is 8.21. The summed E-state index contributed by atoms with van der Waals surface area (Å²) in [4.78, 5) is 23.5. The van der Waals surface area contributed by atoms with Crippen LogP contribution in [0.4, 0.5) is 8.78 Å². The smallest absolute Gasteiger partial charge is 0.387 e. The number of sulfone groups is 1. The summed E-state index contributed by atoms with van der Waals surface area (Å²) in [5.41, 5.74) is 9.19. The van der Waals surface area contributed by atoms with Crippen LogP contribution in [0, 0.1) is 13.8 Å². The van der Waals surface area contributed by atoms with Gasteiger partial charge in [0.2, 0.25) is 11.8 Å². The van der Waals surface area contributed by atoms with Crippen LogP contribution in [0.25, 0.3) is 56.2 Å². The second-order valence-corrected chi connectivity index (χ2v) is 17.2. The quantitative estimate of drug-likeness (QED) is 0.112. The molecule has 0 radical (unpaired) electrons. The summed E-state index contributed by atoms with van der Waals surface area (Å²) >= 11 is 0. The Balaban J connectivity index is 1.10. The molecule has 0 spiro atoms. The molecule has 3 heterocycles. The number of aromatic nitrogens is 2. The van der Waals surface area contributed by atoms with Crippen LogP contribution in [0.5, 0.6) is 11.5 Å². The largest absolute Gasteiger partial charge is 0.488 e. The molecule has 310 valence electrons. The number of hydrogen-bond acceptors (Lipinski definition) is 10. The Morgan fingerprint density at radius 2 is 1.43 bits per heavy atom. The van der Waals surface area contributed by atoms with E-state index in [2.05, 4.69) is 6.92 Å². The van der Waals surface area contributed by atoms with E-state index in [1.807, 2.05) is 68.4 Å². The van der Waals surface area contributed by atoms with Gasteiger partial charge in [0, 0.05) is 41.6 Å². The molecular weight excluding hydrogens is 793 g/mol. The molecule has 0 aliphatic carbocycles. The summed E-state index contributed by atoms with van der Waals surface area (Å²) in [6.07, 6.45) is 3.98. The number of aliphatic carboxylic acids is 1. The van der Waals surface area contributed by atoms with Crippen molar-refractivity contribution in [3.63, 3.8) is 0 Å². The Bertz CT molecular complexity index is 2870. The first kappa shape index (κ1) is 40.7. The highest BCUT2D eigenvalue weighted by Crippen LogP contribution is 2.40. The molecule has 0 bridgehead atoms. The topological polar surface area (TPSA) is 145 Å². The number of benzene rings is 5. The molecule has 1 aliphatic rings. The standard InChI is InChI=1S/C46H43F2N3O8S/c1-5-10-29-20-36-41(22-39(29)56-25-28-11-6-12-31(19-28)60(4,54)55)57-43(49-36)34-15-7-13-32(26(34)2)33-14-8-16-35(27(33)3)44-50-37-21-30(24-51-18-9-17-38(51)45(52)53)40(59-46(47)48)23-42(37)58-44/h6-8,11-16,19-23,38,46H,5,9-10,17-18,24-25H2,1-4H3,(H,52,53)/t38-/m0/s1. The van der Waals surface area contributed by atoms with Crippen LogP contribution in [0.2, 0.25) is 0 Å². The summed E-state index contributed by atoms with van der Waals surface area (Å²) in [6.45, 7) is 3.79. The molecule has 0 unspecified atom stereocenters. The van der Waals surface area contributed by atoms with Crippen molar-refractivity contribution in [2.75, 3.05) is 12.8 Å². The molecule has 7 aromatic rings. The fourth-order valence-electron chi connectivity index (χ4n) is 8.01. The minimum Gasteiger partial charge on any atom is -0.488 e. The van der Waals surface area contributed by atoms with Gasteiger partial charge in [0.15, 0.2) is 21.0 Å². The van der Waals surface area contributed by atoms with E-state index < -0.39 is 28.5 Å². The van der Waals surface area contributed by atoms with E-state index >= 15 is 0 Å². The molecule has 0 amide bonds. The van der Waals surface area contributed by atoms with Crippen LogP contribution in [-0.2, 0) is 34.2 Å². The zero-order valence-corrected chi connectivity index (χ0v) is 34.3. The maximum atomic E-state index is 13.5. The van der Waals surface area contributed by atoms with Gasteiger partial charge in [0.25, 0.3) is 0 Å². The molecule has 1 atom stereocenters. The molecule has 60 heavy (non-hydrogen) atoms. The third-order valence-corrected chi connectivity index (χ3v) is 12.1. The number of carboxylic acids is 1. The van der Waals surface area contributed by atoms with E-state index in [1.165, 1.54) is 12.3 Å². The van der Waals surface area contributed by atoms with Gasteiger partial charge < -0.3 is 23.4 Å². The molecule has 1 saturated heterocycles. The van der Waals surface area contributed by atoms with E-state index in [0.717, 1.165) is 51.8 Å². The van der Waals surface area contributed by atoms with Crippen molar-refractivity contribution >= 4 is 38.0 Å². The maximum absolute atomic E-state index is 13.5. The first-order valence-corrected chi connectivity index (χ1v) is 21.6. The molecule has 0 saturated carbocycles. The monoisotopic (exact) mass is 835 g/mol. The number of fused-ring (bicyclic) bond motifs is 2. The summed E-state index contributed by atoms with van der Waals surface area (Å²) in [5, 5.41) is 9.69. The van der Waals surface area contributed by atoms with Gasteiger partial charge in [-0.25, -0.2) is 18.4 Å². The summed E-state index contributed by atoms with van der Waals surface area (Å²) in [5.74, 6) is 0.343. The van der Waals surface area contributed by atoms with E-state index in [1.54, 1.807) is 29.2 Å². The predicted octanol–water partition coefficient (Wildman–Crippen LogP) is 10.2. The fourth-order valence-corrected chi connectivity index (χ4v) is 8.71. The van der Waals surface area contributed by atoms with E-state index in [0.29, 0.717) is 64.7 Å². The van der Waals surface area contributed by atoms with Crippen molar-refractivity contribution in [3.8, 4) is 45.5 Å². The first-order chi connectivity index (χ1) is 28.8. The first-order valence-electron chi connectivity index (χ1n) is 19.7. The third-order valence-electron chi connectivity index (χ3n) is 11.0. The van der Waals surface area contributed by atoms with Crippen molar-refractivity contribution in [2.45, 2.75) is 77.2 Å². The van der Waals surface area contributed by atoms with Gasteiger partial charge in [-0.2, -0.15) is 8.78 Å². The molecule has 1 N–H and O–H groups in total. The summed E-state index contributed by atoms with van der Waals surface area (Å²) in [6, 6.07) is 24.6. The molecule has 14 heteroatoms. The number of rotatable bonds is 14. The summed E-state index contributed by atoms with van der Waals surface area (Å²) in [7, 11) is -3.36. The average Bonchev–Trinajstić information content (AvgIpc) is 3.96. The Hall–Kier alpha value is -6.12. The SMILES string of the molecule is CCCc1cc2nc(-c3cccc(-c4cccc(-c5nc6cc(CN7CCC[C@H]7C(=O)O)c(OC(F)F)cc6o5)c4C)c3C)oc2cc1OCc1cccc(S(C)(=O)=O)c1. The highest BCUT2D eigenvalue weighted by atomic mass is 32.2. The van der Waals surface area contributed by atoms with Crippen LogP contribution >= 0.6 is 0 Å². The minimum absolute atomic E-state index is 0.0871. The van der Waals surface area contributed by atoms with Gasteiger partial charge in [0.05, 0.1) is 4.90 Å². The molecule has 1 fully saturated rings. The zero-order chi connectivity index (χ0) is 42.3. The minimum atomic E-state index is -3.36. The predicted molar refractivity (Wildman–Crippen MR) is 223 cm³/mol. The van der Waals surface area contributed by atoms with E-state index in [-0.39, 0.29) is 29.4 Å². The number of nitrogens with zero attached hydrogens (tertiary/aromatic N) is 3. The normalized spacial score (nSPS) is 14.8. The Kier molecular flexibility index (Phi) is 11.2. The average molecular weight is 836 g/mol. The second kappa shape index (κ2) is 16.5. The molecule has 1 aliphatic heterocycles.